The highest BCUT2D eigenvalue weighted by Crippen LogP contribution is 2.21. The molecular formula is C14H24N2O3S. The van der Waals surface area contributed by atoms with E-state index < -0.39 is 10.1 Å². The van der Waals surface area contributed by atoms with E-state index in [4.69, 9.17) is 4.28 Å². The van der Waals surface area contributed by atoms with Crippen molar-refractivity contribution in [2.45, 2.75) is 52.0 Å². The second kappa shape index (κ2) is 6.67. The van der Waals surface area contributed by atoms with E-state index >= 15 is 0 Å². The van der Waals surface area contributed by atoms with Gasteiger partial charge in [0, 0.05) is 6.04 Å². The summed E-state index contributed by atoms with van der Waals surface area (Å²) in [5, 5.41) is 0. The topological polar surface area (TPSA) is 67.4 Å². The van der Waals surface area contributed by atoms with Gasteiger partial charge >= 0.3 is 10.1 Å². The first kappa shape index (κ1) is 17.1. The van der Waals surface area contributed by atoms with E-state index in [0.717, 1.165) is 12.0 Å². The molecule has 1 aromatic rings. The van der Waals surface area contributed by atoms with Crippen LogP contribution in [-0.4, -0.2) is 14.5 Å². The lowest BCUT2D eigenvalue weighted by atomic mass is 9.86. The number of benzene rings is 1. The third kappa shape index (κ3) is 4.86. The Morgan fingerprint density at radius 1 is 1.20 bits per heavy atom. The van der Waals surface area contributed by atoms with Gasteiger partial charge in [-0.1, -0.05) is 45.4 Å². The Labute approximate surface area is 121 Å². The summed E-state index contributed by atoms with van der Waals surface area (Å²) in [4.78, 5) is 0.126. The first-order chi connectivity index (χ1) is 9.16. The van der Waals surface area contributed by atoms with Crippen LogP contribution < -0.4 is 11.0 Å². The average Bonchev–Trinajstić information content (AvgIpc) is 2.33. The molecule has 20 heavy (non-hydrogen) atoms. The van der Waals surface area contributed by atoms with E-state index in [1.807, 2.05) is 13.8 Å². The first-order valence-corrected chi connectivity index (χ1v) is 8.08. The molecule has 0 aliphatic rings. The Balaban J connectivity index is 2.62. The van der Waals surface area contributed by atoms with Crippen molar-refractivity contribution in [1.29, 1.82) is 0 Å². The predicted octanol–water partition coefficient (Wildman–Crippen LogP) is 2.53. The molecule has 0 bridgehead atoms. The number of hydrazine groups is 1. The highest BCUT2D eigenvalue weighted by atomic mass is 32.2. The number of aryl methyl sites for hydroxylation is 1. The second-order valence-corrected chi connectivity index (χ2v) is 7.47. The fourth-order valence-corrected chi connectivity index (χ4v) is 2.56. The lowest BCUT2D eigenvalue weighted by Gasteiger charge is -2.30. The van der Waals surface area contributed by atoms with E-state index in [-0.39, 0.29) is 16.4 Å². The predicted molar refractivity (Wildman–Crippen MR) is 79.3 cm³/mol. The molecule has 0 heterocycles. The standard InChI is InChI=1S/C14H24N2O3S/c1-6-13(14(3,4)5)15-16-19-20(17,18)12-9-7-11(2)8-10-12/h7-10,13,15-16H,6H2,1-5H3. The number of nitrogens with one attached hydrogen (secondary N) is 2. The maximum absolute atomic E-state index is 11.9. The largest absolute Gasteiger partial charge is 0.314 e. The zero-order valence-electron chi connectivity index (χ0n) is 12.7. The van der Waals surface area contributed by atoms with Gasteiger partial charge in [-0.2, -0.15) is 12.7 Å². The Hall–Kier alpha value is -0.950. The molecule has 5 nitrogen and oxygen atoms in total. The van der Waals surface area contributed by atoms with Crippen LogP contribution in [0, 0.1) is 12.3 Å². The Morgan fingerprint density at radius 2 is 1.75 bits per heavy atom. The number of hydrogen-bond acceptors (Lipinski definition) is 5. The maximum atomic E-state index is 11.9. The molecule has 1 rings (SSSR count). The molecule has 1 unspecified atom stereocenters. The van der Waals surface area contributed by atoms with Crippen LogP contribution >= 0.6 is 0 Å². The molecule has 0 aromatic heterocycles. The van der Waals surface area contributed by atoms with Crippen molar-refractivity contribution >= 4 is 10.1 Å². The van der Waals surface area contributed by atoms with E-state index in [9.17, 15) is 8.42 Å². The zero-order valence-corrected chi connectivity index (χ0v) is 13.5. The molecule has 0 saturated heterocycles. The average molecular weight is 300 g/mol. The summed E-state index contributed by atoms with van der Waals surface area (Å²) >= 11 is 0. The molecule has 1 aromatic carbocycles. The molecule has 0 aliphatic heterocycles. The lowest BCUT2D eigenvalue weighted by molar-refractivity contribution is 0.104. The minimum absolute atomic E-state index is 0.00126. The van der Waals surface area contributed by atoms with Gasteiger partial charge in [-0.05, 0) is 30.9 Å². The van der Waals surface area contributed by atoms with Crippen molar-refractivity contribution in [3.63, 3.8) is 0 Å². The number of rotatable bonds is 6. The Kier molecular flexibility index (Phi) is 5.70. The summed E-state index contributed by atoms with van der Waals surface area (Å²) in [5.74, 6) is 0. The van der Waals surface area contributed by atoms with Gasteiger partial charge in [-0.15, -0.1) is 5.59 Å². The quantitative estimate of drug-likeness (QED) is 0.790. The van der Waals surface area contributed by atoms with Crippen molar-refractivity contribution in [2.75, 3.05) is 0 Å². The van der Waals surface area contributed by atoms with Gasteiger partial charge in [-0.3, -0.25) is 0 Å². The Morgan fingerprint density at radius 3 is 2.20 bits per heavy atom. The summed E-state index contributed by atoms with van der Waals surface area (Å²) in [7, 11) is -3.80. The molecule has 0 amide bonds. The molecule has 0 saturated carbocycles. The van der Waals surface area contributed by atoms with Crippen molar-refractivity contribution < 1.29 is 12.7 Å². The van der Waals surface area contributed by atoms with Gasteiger partial charge in [0.2, 0.25) is 0 Å². The van der Waals surface area contributed by atoms with Gasteiger partial charge in [0.05, 0.1) is 4.90 Å². The minimum atomic E-state index is -3.80. The van der Waals surface area contributed by atoms with Crippen molar-refractivity contribution in [3.05, 3.63) is 29.8 Å². The molecule has 1 atom stereocenters. The number of hydrogen-bond donors (Lipinski definition) is 2. The van der Waals surface area contributed by atoms with Crippen LogP contribution in [0.1, 0.15) is 39.7 Å². The summed E-state index contributed by atoms with van der Waals surface area (Å²) in [6.45, 7) is 10.1. The van der Waals surface area contributed by atoms with E-state index in [1.165, 1.54) is 12.1 Å². The molecule has 6 heteroatoms. The van der Waals surface area contributed by atoms with Gasteiger partial charge in [0.25, 0.3) is 0 Å². The molecule has 0 spiro atoms. The van der Waals surface area contributed by atoms with Crippen molar-refractivity contribution in [1.82, 2.24) is 11.0 Å². The second-order valence-electron chi connectivity index (χ2n) is 5.92. The summed E-state index contributed by atoms with van der Waals surface area (Å²) in [6.07, 6.45) is 0.852. The smallest absolute Gasteiger partial charge is 0.230 e. The fraction of sp³-hybridized carbons (Fsp3) is 0.571. The van der Waals surface area contributed by atoms with Gasteiger partial charge in [-0.25, -0.2) is 5.43 Å². The third-order valence-electron chi connectivity index (χ3n) is 3.15. The summed E-state index contributed by atoms with van der Waals surface area (Å²) in [6, 6.07) is 6.60. The summed E-state index contributed by atoms with van der Waals surface area (Å²) < 4.78 is 28.7. The van der Waals surface area contributed by atoms with Crippen LogP contribution in [0.5, 0.6) is 0 Å². The summed E-state index contributed by atoms with van der Waals surface area (Å²) in [5.41, 5.74) is 6.25. The van der Waals surface area contributed by atoms with Crippen LogP contribution in [-0.2, 0) is 14.4 Å². The highest BCUT2D eigenvalue weighted by molar-refractivity contribution is 7.86. The van der Waals surface area contributed by atoms with Crippen molar-refractivity contribution in [3.8, 4) is 0 Å². The van der Waals surface area contributed by atoms with Crippen LogP contribution in [0.2, 0.25) is 0 Å². The fourth-order valence-electron chi connectivity index (χ4n) is 1.83. The first-order valence-electron chi connectivity index (χ1n) is 6.67. The molecule has 114 valence electrons. The van der Waals surface area contributed by atoms with Crippen LogP contribution in [0.4, 0.5) is 0 Å². The Bertz CT molecular complexity index is 518. The molecule has 0 radical (unpaired) electrons. The normalized spacial score (nSPS) is 14.2. The van der Waals surface area contributed by atoms with Crippen LogP contribution in [0.15, 0.2) is 29.2 Å². The van der Waals surface area contributed by atoms with Crippen molar-refractivity contribution in [2.24, 2.45) is 5.41 Å². The third-order valence-corrected chi connectivity index (χ3v) is 4.30. The van der Waals surface area contributed by atoms with Crippen LogP contribution in [0.25, 0.3) is 0 Å². The molecule has 2 N–H and O–H groups in total. The van der Waals surface area contributed by atoms with E-state index in [0.29, 0.717) is 0 Å². The SMILES string of the molecule is CCC(NNOS(=O)(=O)c1ccc(C)cc1)C(C)(C)C. The van der Waals surface area contributed by atoms with Gasteiger partial charge < -0.3 is 0 Å². The molecule has 0 fully saturated rings. The maximum Gasteiger partial charge on any atom is 0.314 e. The molecular weight excluding hydrogens is 276 g/mol. The monoisotopic (exact) mass is 300 g/mol. The van der Waals surface area contributed by atoms with Crippen LogP contribution in [0.3, 0.4) is 0 Å². The highest BCUT2D eigenvalue weighted by Gasteiger charge is 2.23. The van der Waals surface area contributed by atoms with E-state index in [1.54, 1.807) is 12.1 Å². The van der Waals surface area contributed by atoms with Gasteiger partial charge in [0.15, 0.2) is 0 Å². The minimum Gasteiger partial charge on any atom is -0.230 e. The van der Waals surface area contributed by atoms with Gasteiger partial charge in [0.1, 0.15) is 0 Å². The molecule has 0 aliphatic carbocycles. The lowest BCUT2D eigenvalue weighted by Crippen LogP contribution is -2.48. The zero-order chi connectivity index (χ0) is 15.4. The van der Waals surface area contributed by atoms with E-state index in [2.05, 4.69) is 31.8 Å².